The van der Waals surface area contributed by atoms with Crippen molar-refractivity contribution < 1.29 is 33.9 Å². The average Bonchev–Trinajstić information content (AvgIpc) is 3.76. The first-order valence-electron chi connectivity index (χ1n) is 15.7. The molecule has 0 saturated carbocycles. The first-order valence-corrected chi connectivity index (χ1v) is 18.7. The minimum Gasteiger partial charge on any atom is -0.432 e. The van der Waals surface area contributed by atoms with Crippen molar-refractivity contribution in [3.8, 4) is 0 Å². The lowest BCUT2D eigenvalue weighted by Gasteiger charge is -2.32. The molecular formula is C32H40N4O8Si. The van der Waals surface area contributed by atoms with Crippen LogP contribution in [0.4, 0.5) is 17.1 Å². The lowest BCUT2D eigenvalue weighted by molar-refractivity contribution is -0.385. The number of likely N-dealkylation sites (tertiary alicyclic amines) is 1. The number of fused-ring (bicyclic) bond motifs is 2. The third kappa shape index (κ3) is 5.25. The Balaban J connectivity index is 1.39. The third-order valence-electron chi connectivity index (χ3n) is 10.1. The van der Waals surface area contributed by atoms with Crippen molar-refractivity contribution in [2.24, 2.45) is 5.92 Å². The number of carbonyl (C=O) groups is 3. The molecule has 4 heterocycles. The topological polar surface area (TPSA) is 154 Å². The molecule has 4 aliphatic heterocycles. The van der Waals surface area contributed by atoms with Gasteiger partial charge in [-0.1, -0.05) is 19.1 Å². The van der Waals surface area contributed by atoms with E-state index in [0.29, 0.717) is 37.2 Å². The molecule has 12 nitrogen and oxygen atoms in total. The van der Waals surface area contributed by atoms with Crippen LogP contribution in [0, 0.1) is 16.0 Å². The van der Waals surface area contributed by atoms with Crippen LogP contribution in [0.2, 0.25) is 18.6 Å². The van der Waals surface area contributed by atoms with E-state index < -0.39 is 42.3 Å². The standard InChI is InChI=1S/C32H40N4O8Si/c1-20-30(45(2,3)43)27(17-29(39)34-13-5-9-24(34)19-37)44-32(20)25-16-23(36(41)42)11-12-26(25)35(31(32)40)18-21-7-4-8-22(15-21)33-14-6-10-28(33)38/h4,7-8,11-12,15-16,20,24,27,30,37,43H,5-6,9-10,13-14,17-19H2,1-3H3/t20-,24+,27+,30-,32+/m1/s1. The molecule has 3 fully saturated rings. The second kappa shape index (κ2) is 11.6. The first kappa shape index (κ1) is 31.3. The second-order valence-corrected chi connectivity index (χ2v) is 17.3. The van der Waals surface area contributed by atoms with Crippen molar-refractivity contribution in [1.29, 1.82) is 0 Å². The molecule has 13 heteroatoms. The summed E-state index contributed by atoms with van der Waals surface area (Å²) in [6, 6.07) is 11.5. The molecule has 0 unspecified atom stereocenters. The molecule has 240 valence electrons. The van der Waals surface area contributed by atoms with Gasteiger partial charge in [-0.15, -0.1) is 0 Å². The fourth-order valence-electron chi connectivity index (χ4n) is 8.11. The number of aliphatic hydroxyl groups is 1. The molecule has 0 bridgehead atoms. The normalized spacial score (nSPS) is 28.1. The Labute approximate surface area is 262 Å². The van der Waals surface area contributed by atoms with Gasteiger partial charge in [-0.3, -0.25) is 24.5 Å². The summed E-state index contributed by atoms with van der Waals surface area (Å²) in [6.45, 7) is 6.50. The maximum Gasteiger partial charge on any atom is 0.269 e. The molecule has 0 aliphatic carbocycles. The Morgan fingerprint density at radius 1 is 1.16 bits per heavy atom. The molecule has 3 amide bonds. The highest BCUT2D eigenvalue weighted by molar-refractivity contribution is 6.71. The summed E-state index contributed by atoms with van der Waals surface area (Å²) in [5, 5.41) is 21.7. The quantitative estimate of drug-likeness (QED) is 0.254. The van der Waals surface area contributed by atoms with Crippen LogP contribution in [0.3, 0.4) is 0 Å². The summed E-state index contributed by atoms with van der Waals surface area (Å²) < 4.78 is 6.72. The molecule has 1 spiro atoms. The van der Waals surface area contributed by atoms with E-state index in [0.717, 1.165) is 24.1 Å². The van der Waals surface area contributed by atoms with E-state index in [1.807, 2.05) is 31.2 Å². The zero-order valence-electron chi connectivity index (χ0n) is 25.8. The number of amides is 3. The first-order chi connectivity index (χ1) is 21.4. The third-order valence-corrected chi connectivity index (χ3v) is 12.6. The lowest BCUT2D eigenvalue weighted by Crippen LogP contribution is -2.46. The number of non-ortho nitro benzene ring substituents is 1. The van der Waals surface area contributed by atoms with Crippen LogP contribution in [0.5, 0.6) is 0 Å². The van der Waals surface area contributed by atoms with Gasteiger partial charge in [0.05, 0.1) is 42.3 Å². The molecule has 2 N–H and O–H groups in total. The van der Waals surface area contributed by atoms with E-state index in [-0.39, 0.29) is 43.1 Å². The minimum atomic E-state index is -3.07. The van der Waals surface area contributed by atoms with Crippen molar-refractivity contribution in [2.45, 2.75) is 82.0 Å². The fourth-order valence-corrected chi connectivity index (χ4v) is 10.7. The lowest BCUT2D eigenvalue weighted by atomic mass is 9.82. The number of anilines is 2. The number of aliphatic hydroxyl groups excluding tert-OH is 1. The Hall–Kier alpha value is -3.65. The fraction of sp³-hybridized carbons (Fsp3) is 0.531. The predicted molar refractivity (Wildman–Crippen MR) is 168 cm³/mol. The molecule has 2 aromatic carbocycles. The van der Waals surface area contributed by atoms with E-state index in [9.17, 15) is 34.4 Å². The monoisotopic (exact) mass is 636 g/mol. The molecule has 5 atom stereocenters. The van der Waals surface area contributed by atoms with Crippen molar-refractivity contribution in [2.75, 3.05) is 29.5 Å². The summed E-state index contributed by atoms with van der Waals surface area (Å²) in [7, 11) is -3.07. The summed E-state index contributed by atoms with van der Waals surface area (Å²) in [6.07, 6.45) is 1.88. The van der Waals surface area contributed by atoms with Crippen LogP contribution in [-0.4, -0.2) is 77.6 Å². The zero-order valence-corrected chi connectivity index (χ0v) is 26.8. The number of rotatable bonds is 8. The summed E-state index contributed by atoms with van der Waals surface area (Å²) in [5.41, 5.74) is -0.00809. The van der Waals surface area contributed by atoms with Gasteiger partial charge in [-0.25, -0.2) is 0 Å². The Morgan fingerprint density at radius 2 is 1.93 bits per heavy atom. The van der Waals surface area contributed by atoms with Crippen LogP contribution in [-0.2, 0) is 31.3 Å². The highest BCUT2D eigenvalue weighted by Crippen LogP contribution is 2.60. The Kier molecular flexibility index (Phi) is 8.08. The number of nitro groups is 1. The van der Waals surface area contributed by atoms with Gasteiger partial charge in [0.25, 0.3) is 11.6 Å². The van der Waals surface area contributed by atoms with Gasteiger partial charge >= 0.3 is 0 Å². The predicted octanol–water partition coefficient (Wildman–Crippen LogP) is 3.44. The van der Waals surface area contributed by atoms with Gasteiger partial charge in [0.15, 0.2) is 13.9 Å². The maximum atomic E-state index is 14.7. The average molecular weight is 637 g/mol. The zero-order chi connectivity index (χ0) is 32.3. The number of nitrogens with zero attached hydrogens (tertiary/aromatic N) is 4. The molecule has 2 aromatic rings. The summed E-state index contributed by atoms with van der Waals surface area (Å²) >= 11 is 0. The molecule has 0 radical (unpaired) electrons. The Bertz CT molecular complexity index is 1550. The van der Waals surface area contributed by atoms with Crippen LogP contribution >= 0.6 is 0 Å². The van der Waals surface area contributed by atoms with E-state index in [2.05, 4.69) is 0 Å². The van der Waals surface area contributed by atoms with Crippen LogP contribution in [0.15, 0.2) is 42.5 Å². The van der Waals surface area contributed by atoms with E-state index >= 15 is 0 Å². The van der Waals surface area contributed by atoms with E-state index in [1.54, 1.807) is 33.9 Å². The van der Waals surface area contributed by atoms with E-state index in [4.69, 9.17) is 4.74 Å². The number of nitro benzene ring substituents is 1. The SMILES string of the molecule is C[C@@H]1[C@@H]([Si](C)(C)O)[C@H](CC(=O)N2CCC[C@H]2CO)O[C@@]12C(=O)N(Cc1cccc(N3CCCC3=O)c1)c1ccc([N+](=O)[O-])cc12. The van der Waals surface area contributed by atoms with Crippen LogP contribution < -0.4 is 9.80 Å². The number of hydrogen-bond donors (Lipinski definition) is 2. The summed E-state index contributed by atoms with van der Waals surface area (Å²) in [5.74, 6) is -1.16. The number of carbonyl (C=O) groups excluding carboxylic acids is 3. The smallest absolute Gasteiger partial charge is 0.269 e. The minimum absolute atomic E-state index is 0.0517. The van der Waals surface area contributed by atoms with Gasteiger partial charge in [-0.2, -0.15) is 0 Å². The molecule has 0 aromatic heterocycles. The van der Waals surface area contributed by atoms with Crippen molar-refractivity contribution in [3.05, 3.63) is 63.7 Å². The maximum absolute atomic E-state index is 14.7. The number of ether oxygens (including phenoxy) is 1. The Morgan fingerprint density at radius 3 is 2.60 bits per heavy atom. The van der Waals surface area contributed by atoms with Gasteiger partial charge in [0, 0.05) is 54.4 Å². The number of benzene rings is 2. The van der Waals surface area contributed by atoms with Crippen molar-refractivity contribution in [1.82, 2.24) is 4.90 Å². The van der Waals surface area contributed by atoms with Crippen molar-refractivity contribution in [3.63, 3.8) is 0 Å². The van der Waals surface area contributed by atoms with Crippen LogP contribution in [0.1, 0.15) is 50.2 Å². The highest BCUT2D eigenvalue weighted by Gasteiger charge is 2.66. The van der Waals surface area contributed by atoms with Crippen LogP contribution in [0.25, 0.3) is 0 Å². The summed E-state index contributed by atoms with van der Waals surface area (Å²) in [4.78, 5) is 68.5. The van der Waals surface area contributed by atoms with Gasteiger partial charge in [-0.05, 0) is 56.1 Å². The largest absolute Gasteiger partial charge is 0.432 e. The molecule has 6 rings (SSSR count). The van der Waals surface area contributed by atoms with Gasteiger partial charge < -0.3 is 29.3 Å². The number of hydrogen-bond acceptors (Lipinski definition) is 8. The molecule has 4 aliphatic rings. The highest BCUT2D eigenvalue weighted by atomic mass is 28.4. The molecule has 3 saturated heterocycles. The molecular weight excluding hydrogens is 596 g/mol. The second-order valence-electron chi connectivity index (χ2n) is 13.3. The molecule has 45 heavy (non-hydrogen) atoms. The van der Waals surface area contributed by atoms with E-state index in [1.165, 1.54) is 12.1 Å². The van der Waals surface area contributed by atoms with Gasteiger partial charge in [0.2, 0.25) is 11.8 Å². The van der Waals surface area contributed by atoms with Crippen molar-refractivity contribution >= 4 is 43.1 Å². The van der Waals surface area contributed by atoms with Gasteiger partial charge in [0.1, 0.15) is 0 Å².